The van der Waals surface area contributed by atoms with Gasteiger partial charge in [-0.05, 0) is 41.0 Å². The van der Waals surface area contributed by atoms with Crippen molar-refractivity contribution in [2.45, 2.75) is 24.5 Å². The number of hydrogen-bond acceptors (Lipinski definition) is 5. The lowest BCUT2D eigenvalue weighted by Gasteiger charge is -2.36. The van der Waals surface area contributed by atoms with Crippen LogP contribution in [0.15, 0.2) is 78.3 Å². The fourth-order valence-electron chi connectivity index (χ4n) is 3.82. The summed E-state index contributed by atoms with van der Waals surface area (Å²) in [6, 6.07) is 14.9. The zero-order valence-electron chi connectivity index (χ0n) is 19.2. The molecule has 4 aromatic rings. The predicted octanol–water partition coefficient (Wildman–Crippen LogP) is 6.36. The van der Waals surface area contributed by atoms with E-state index in [1.54, 1.807) is 30.3 Å². The molecule has 1 heterocycles. The third kappa shape index (κ3) is 6.22. The Hall–Kier alpha value is -4.13. The van der Waals surface area contributed by atoms with Crippen LogP contribution in [0.2, 0.25) is 0 Å². The Balaban J connectivity index is 1.89. The van der Waals surface area contributed by atoms with Crippen LogP contribution >= 0.6 is 11.3 Å². The van der Waals surface area contributed by atoms with Gasteiger partial charge in [0.05, 0.1) is 5.54 Å². The number of rotatable bonds is 9. The van der Waals surface area contributed by atoms with Gasteiger partial charge in [0.15, 0.2) is 0 Å². The number of ether oxygens (including phenoxy) is 1. The molecule has 0 bridgehead atoms. The summed E-state index contributed by atoms with van der Waals surface area (Å²) >= 11 is 1.01. The SMILES string of the molecule is O=C(Nc1nncs1)NC(Cc1ccccc1)(c1ccc(F)cc1)c1cc(F)cc(OC(F)(F)C(F)F)c1. The quantitative estimate of drug-likeness (QED) is 0.237. The molecule has 4 rings (SSSR count). The molecule has 0 spiro atoms. The van der Waals surface area contributed by atoms with Gasteiger partial charge in [-0.25, -0.2) is 13.6 Å². The number of carbonyl (C=O) groups is 1. The second-order valence-corrected chi connectivity index (χ2v) is 8.87. The van der Waals surface area contributed by atoms with E-state index in [1.165, 1.54) is 17.6 Å². The second kappa shape index (κ2) is 11.1. The van der Waals surface area contributed by atoms with E-state index < -0.39 is 41.5 Å². The summed E-state index contributed by atoms with van der Waals surface area (Å²) in [6.45, 7) is 0. The molecule has 1 aromatic heterocycles. The van der Waals surface area contributed by atoms with E-state index in [9.17, 15) is 31.1 Å². The van der Waals surface area contributed by atoms with Crippen molar-refractivity contribution < 1.29 is 35.9 Å². The zero-order valence-corrected chi connectivity index (χ0v) is 20.0. The maximum Gasteiger partial charge on any atom is 0.461 e. The maximum absolute atomic E-state index is 14.8. The van der Waals surface area contributed by atoms with Crippen LogP contribution < -0.4 is 15.4 Å². The highest BCUT2D eigenvalue weighted by Crippen LogP contribution is 2.38. The first-order valence-electron chi connectivity index (χ1n) is 10.9. The van der Waals surface area contributed by atoms with Gasteiger partial charge in [-0.2, -0.15) is 17.6 Å². The van der Waals surface area contributed by atoms with Gasteiger partial charge >= 0.3 is 18.6 Å². The first-order valence-corrected chi connectivity index (χ1v) is 11.8. The number of benzene rings is 3. The van der Waals surface area contributed by atoms with Gasteiger partial charge in [0.2, 0.25) is 5.13 Å². The number of carbonyl (C=O) groups excluding carboxylic acids is 1. The maximum atomic E-state index is 14.8. The van der Waals surface area contributed by atoms with Crippen LogP contribution in [-0.2, 0) is 12.0 Å². The number of nitrogens with one attached hydrogen (secondary N) is 2. The minimum atomic E-state index is -4.91. The Morgan fingerprint density at radius 2 is 1.66 bits per heavy atom. The Bertz CT molecular complexity index is 1370. The number of amides is 2. The summed E-state index contributed by atoms with van der Waals surface area (Å²) in [6.07, 6.45) is -9.18. The summed E-state index contributed by atoms with van der Waals surface area (Å²) in [5.74, 6) is -2.62. The van der Waals surface area contributed by atoms with E-state index in [2.05, 4.69) is 25.6 Å². The average Bonchev–Trinajstić information content (AvgIpc) is 3.37. The Morgan fingerprint density at radius 1 is 0.947 bits per heavy atom. The topological polar surface area (TPSA) is 76.1 Å². The molecule has 0 radical (unpaired) electrons. The van der Waals surface area contributed by atoms with Crippen molar-refractivity contribution in [2.24, 2.45) is 0 Å². The smallest absolute Gasteiger partial charge is 0.428 e. The van der Waals surface area contributed by atoms with Gasteiger partial charge in [0.25, 0.3) is 0 Å². The Morgan fingerprint density at radius 3 is 2.29 bits per heavy atom. The summed E-state index contributed by atoms with van der Waals surface area (Å²) in [5.41, 5.74) is 0.335. The van der Waals surface area contributed by atoms with Crippen LogP contribution in [0.4, 0.5) is 36.3 Å². The fourth-order valence-corrected chi connectivity index (χ4v) is 4.26. The van der Waals surface area contributed by atoms with Gasteiger partial charge in [0.1, 0.15) is 22.9 Å². The van der Waals surface area contributed by atoms with Crippen molar-refractivity contribution in [3.05, 3.63) is 107 Å². The van der Waals surface area contributed by atoms with Crippen molar-refractivity contribution in [1.82, 2.24) is 15.5 Å². The number of hydrogen-bond donors (Lipinski definition) is 2. The molecular formula is C25H18F6N4O2S. The van der Waals surface area contributed by atoms with E-state index in [0.29, 0.717) is 11.6 Å². The van der Waals surface area contributed by atoms with Crippen molar-refractivity contribution in [2.75, 3.05) is 5.32 Å². The molecule has 0 fully saturated rings. The van der Waals surface area contributed by atoms with Crippen molar-refractivity contribution in [3.63, 3.8) is 0 Å². The highest BCUT2D eigenvalue weighted by Gasteiger charge is 2.45. The number of anilines is 1. The van der Waals surface area contributed by atoms with Crippen molar-refractivity contribution >= 4 is 22.5 Å². The number of urea groups is 1. The first kappa shape index (κ1) is 26.9. The molecular weight excluding hydrogens is 534 g/mol. The van der Waals surface area contributed by atoms with Gasteiger partial charge in [0, 0.05) is 12.5 Å². The predicted molar refractivity (Wildman–Crippen MR) is 127 cm³/mol. The lowest BCUT2D eigenvalue weighted by molar-refractivity contribution is -0.253. The molecule has 38 heavy (non-hydrogen) atoms. The third-order valence-corrected chi connectivity index (χ3v) is 6.04. The molecule has 1 unspecified atom stereocenters. The molecule has 1 atom stereocenters. The highest BCUT2D eigenvalue weighted by molar-refractivity contribution is 7.13. The summed E-state index contributed by atoms with van der Waals surface area (Å²) in [4.78, 5) is 13.1. The summed E-state index contributed by atoms with van der Waals surface area (Å²) in [7, 11) is 0. The molecule has 2 N–H and O–H groups in total. The van der Waals surface area contributed by atoms with Crippen LogP contribution in [0.25, 0.3) is 0 Å². The number of nitrogens with zero attached hydrogens (tertiary/aromatic N) is 2. The normalized spacial score (nSPS) is 13.1. The van der Waals surface area contributed by atoms with E-state index >= 15 is 0 Å². The van der Waals surface area contributed by atoms with E-state index in [4.69, 9.17) is 0 Å². The lowest BCUT2D eigenvalue weighted by atomic mass is 9.77. The molecule has 0 saturated heterocycles. The first-order chi connectivity index (χ1) is 18.1. The molecule has 0 aliphatic carbocycles. The van der Waals surface area contributed by atoms with E-state index in [-0.39, 0.29) is 22.7 Å². The molecule has 198 valence electrons. The van der Waals surface area contributed by atoms with Crippen LogP contribution in [0, 0.1) is 11.6 Å². The van der Waals surface area contributed by atoms with E-state index in [0.717, 1.165) is 35.6 Å². The molecule has 0 saturated carbocycles. The molecule has 0 aliphatic heterocycles. The van der Waals surface area contributed by atoms with E-state index in [1.807, 2.05) is 0 Å². The number of alkyl halides is 4. The van der Waals surface area contributed by atoms with Gasteiger partial charge in [-0.1, -0.05) is 53.8 Å². The van der Waals surface area contributed by atoms with Crippen LogP contribution in [0.5, 0.6) is 5.75 Å². The van der Waals surface area contributed by atoms with Crippen molar-refractivity contribution in [1.29, 1.82) is 0 Å². The third-order valence-electron chi connectivity index (χ3n) is 5.43. The minimum absolute atomic E-state index is 0.0862. The van der Waals surface area contributed by atoms with Crippen LogP contribution in [-0.4, -0.2) is 28.8 Å². The standard InChI is InChI=1S/C25H18F6N4O2S/c26-18-8-6-16(7-9-18)24(13-15-4-2-1-3-5-15,34-22(36)33-23-35-32-14-38-23)17-10-19(27)12-20(11-17)37-25(30,31)21(28)29/h1-12,14,21H,13H2,(H2,33,34,35,36). The summed E-state index contributed by atoms with van der Waals surface area (Å²) < 4.78 is 85.8. The van der Waals surface area contributed by atoms with Crippen LogP contribution in [0.3, 0.4) is 0 Å². The minimum Gasteiger partial charge on any atom is -0.428 e. The molecule has 6 nitrogen and oxygen atoms in total. The number of halogens is 6. The molecule has 13 heteroatoms. The highest BCUT2D eigenvalue weighted by atomic mass is 32.1. The van der Waals surface area contributed by atoms with Gasteiger partial charge < -0.3 is 10.1 Å². The Kier molecular flexibility index (Phi) is 7.86. The molecule has 0 aliphatic rings. The van der Waals surface area contributed by atoms with Crippen molar-refractivity contribution in [3.8, 4) is 5.75 Å². The largest absolute Gasteiger partial charge is 0.461 e. The fraction of sp³-hybridized carbons (Fsp3) is 0.160. The Labute approximate surface area is 216 Å². The number of aromatic nitrogens is 2. The van der Waals surface area contributed by atoms with Gasteiger partial charge in [-0.3, -0.25) is 5.32 Å². The molecule has 2 amide bonds. The average molecular weight is 553 g/mol. The van der Waals surface area contributed by atoms with Crippen LogP contribution in [0.1, 0.15) is 16.7 Å². The second-order valence-electron chi connectivity index (χ2n) is 8.04. The molecule has 3 aromatic carbocycles. The summed E-state index contributed by atoms with van der Waals surface area (Å²) in [5, 5.41) is 12.7. The lowest BCUT2D eigenvalue weighted by Crippen LogP contribution is -2.50. The monoisotopic (exact) mass is 552 g/mol. The zero-order chi connectivity index (χ0) is 27.3. The van der Waals surface area contributed by atoms with Gasteiger partial charge in [-0.15, -0.1) is 10.2 Å².